The summed E-state index contributed by atoms with van der Waals surface area (Å²) in [5, 5.41) is 0. The first-order chi connectivity index (χ1) is 8.87. The Labute approximate surface area is 116 Å². The molecule has 0 saturated heterocycles. The Kier molecular flexibility index (Phi) is 10.8. The number of hydrogen-bond acceptors (Lipinski definition) is 4. The van der Waals surface area contributed by atoms with Gasteiger partial charge in [0.15, 0.2) is 0 Å². The topological polar surface area (TPSA) is 119 Å². The Morgan fingerprint density at radius 2 is 1.47 bits per heavy atom. The number of phosphoric ester groups is 1. The van der Waals surface area contributed by atoms with E-state index in [0.717, 1.165) is 12.8 Å². The fourth-order valence-corrected chi connectivity index (χ4v) is 2.39. The predicted octanol–water partition coefficient (Wildman–Crippen LogP) is 2.24. The third-order valence-electron chi connectivity index (χ3n) is 3.07. The molecule has 0 amide bonds. The van der Waals surface area contributed by atoms with E-state index < -0.39 is 20.1 Å². The summed E-state index contributed by atoms with van der Waals surface area (Å²) in [6.07, 6.45) is 9.05. The number of phosphoric acid groups is 1. The Morgan fingerprint density at radius 1 is 1.00 bits per heavy atom. The molecule has 0 rings (SSSR count). The van der Waals surface area contributed by atoms with Crippen molar-refractivity contribution in [3.63, 3.8) is 0 Å². The number of nitrogens with two attached hydrogens (primary N) is 2. The van der Waals surface area contributed by atoms with Crippen LogP contribution in [-0.4, -0.2) is 22.1 Å². The van der Waals surface area contributed by atoms with Crippen LogP contribution in [-0.2, 0) is 9.09 Å². The second-order valence-electron chi connectivity index (χ2n) is 4.99. The monoisotopic (exact) mass is 296 g/mol. The van der Waals surface area contributed by atoms with Crippen molar-refractivity contribution in [3.8, 4) is 0 Å². The third kappa shape index (κ3) is 12.8. The first-order valence-electron chi connectivity index (χ1n) is 7.12. The Hall–Kier alpha value is 0.0300. The lowest BCUT2D eigenvalue weighted by Crippen LogP contribution is -2.42. The molecule has 19 heavy (non-hydrogen) atoms. The quantitative estimate of drug-likeness (QED) is 0.249. The van der Waals surface area contributed by atoms with Crippen LogP contribution in [0.25, 0.3) is 0 Å². The lowest BCUT2D eigenvalue weighted by molar-refractivity contribution is 0.114. The van der Waals surface area contributed by atoms with Crippen LogP contribution in [0.3, 0.4) is 0 Å². The molecular formula is C12H29N2O4P. The van der Waals surface area contributed by atoms with Gasteiger partial charge in [0.2, 0.25) is 0 Å². The van der Waals surface area contributed by atoms with Crippen molar-refractivity contribution in [2.75, 3.05) is 0 Å². The van der Waals surface area contributed by atoms with Crippen LogP contribution in [0.2, 0.25) is 0 Å². The van der Waals surface area contributed by atoms with Gasteiger partial charge in [0.25, 0.3) is 0 Å². The van der Waals surface area contributed by atoms with E-state index in [-0.39, 0.29) is 0 Å². The maximum absolute atomic E-state index is 10.6. The summed E-state index contributed by atoms with van der Waals surface area (Å²) in [7, 11) is -4.54. The van der Waals surface area contributed by atoms with E-state index in [1.165, 1.54) is 38.5 Å². The first-order valence-corrected chi connectivity index (χ1v) is 8.65. The van der Waals surface area contributed by atoms with Crippen molar-refractivity contribution in [3.05, 3.63) is 0 Å². The highest BCUT2D eigenvalue weighted by molar-refractivity contribution is 7.46. The van der Waals surface area contributed by atoms with Gasteiger partial charge in [-0.3, -0.25) is 4.52 Å². The highest BCUT2D eigenvalue weighted by atomic mass is 31.2. The van der Waals surface area contributed by atoms with Gasteiger partial charge in [-0.15, -0.1) is 0 Å². The fourth-order valence-electron chi connectivity index (χ4n) is 1.91. The molecule has 0 aromatic heterocycles. The maximum atomic E-state index is 10.6. The van der Waals surface area contributed by atoms with Gasteiger partial charge < -0.3 is 21.3 Å². The van der Waals surface area contributed by atoms with Crippen LogP contribution in [0.4, 0.5) is 0 Å². The lowest BCUT2D eigenvalue weighted by atomic mass is 10.0. The van der Waals surface area contributed by atoms with Crippen molar-refractivity contribution in [1.29, 1.82) is 0 Å². The summed E-state index contributed by atoms with van der Waals surface area (Å²) < 4.78 is 14.9. The molecule has 0 aliphatic heterocycles. The molecule has 2 atom stereocenters. The molecule has 6 nitrogen and oxygen atoms in total. The molecule has 0 radical (unpaired) electrons. The SMILES string of the molecule is CCCCCCCCCCC(N)C(N)OP(=O)(O)O. The van der Waals surface area contributed by atoms with Gasteiger partial charge >= 0.3 is 7.82 Å². The van der Waals surface area contributed by atoms with Crippen LogP contribution in [0.1, 0.15) is 64.7 Å². The maximum Gasteiger partial charge on any atom is 0.471 e. The van der Waals surface area contributed by atoms with Crippen molar-refractivity contribution in [2.24, 2.45) is 11.5 Å². The Balaban J connectivity index is 3.47. The van der Waals surface area contributed by atoms with Crippen LogP contribution < -0.4 is 11.5 Å². The molecule has 6 N–H and O–H groups in total. The molecule has 0 aromatic rings. The minimum Gasteiger partial charge on any atom is -0.324 e. The molecule has 116 valence electrons. The number of rotatable bonds is 12. The van der Waals surface area contributed by atoms with E-state index in [2.05, 4.69) is 11.4 Å². The molecule has 0 heterocycles. The van der Waals surface area contributed by atoms with Crippen molar-refractivity contribution in [2.45, 2.75) is 77.0 Å². The summed E-state index contributed by atoms with van der Waals surface area (Å²) in [4.78, 5) is 17.2. The molecule has 0 aromatic carbocycles. The van der Waals surface area contributed by atoms with Gasteiger partial charge in [-0.25, -0.2) is 4.57 Å². The molecule has 7 heteroatoms. The van der Waals surface area contributed by atoms with Gasteiger partial charge in [-0.1, -0.05) is 58.3 Å². The van der Waals surface area contributed by atoms with E-state index in [4.69, 9.17) is 21.3 Å². The van der Waals surface area contributed by atoms with Crippen LogP contribution >= 0.6 is 7.82 Å². The number of unbranched alkanes of at least 4 members (excludes halogenated alkanes) is 7. The molecule has 0 saturated carbocycles. The van der Waals surface area contributed by atoms with E-state index in [9.17, 15) is 4.57 Å². The average molecular weight is 296 g/mol. The minimum atomic E-state index is -4.54. The molecular weight excluding hydrogens is 267 g/mol. The Bertz CT molecular complexity index is 260. The van der Waals surface area contributed by atoms with E-state index in [1.807, 2.05) is 0 Å². The zero-order chi connectivity index (χ0) is 14.7. The zero-order valence-electron chi connectivity index (χ0n) is 11.8. The summed E-state index contributed by atoms with van der Waals surface area (Å²) in [5.74, 6) is 0. The predicted molar refractivity (Wildman–Crippen MR) is 76.3 cm³/mol. The van der Waals surface area contributed by atoms with Crippen molar-refractivity contribution in [1.82, 2.24) is 0 Å². The van der Waals surface area contributed by atoms with Crippen LogP contribution in [0.5, 0.6) is 0 Å². The normalized spacial score (nSPS) is 15.4. The molecule has 2 unspecified atom stereocenters. The van der Waals surface area contributed by atoms with Gasteiger partial charge in [0, 0.05) is 6.04 Å². The smallest absolute Gasteiger partial charge is 0.324 e. The van der Waals surface area contributed by atoms with E-state index in [0.29, 0.717) is 6.42 Å². The molecule has 0 aliphatic carbocycles. The van der Waals surface area contributed by atoms with Gasteiger partial charge in [-0.05, 0) is 6.42 Å². The summed E-state index contributed by atoms with van der Waals surface area (Å²) in [5.41, 5.74) is 11.2. The summed E-state index contributed by atoms with van der Waals surface area (Å²) >= 11 is 0. The summed E-state index contributed by atoms with van der Waals surface area (Å²) in [6.45, 7) is 2.20. The number of hydrogen-bond donors (Lipinski definition) is 4. The second kappa shape index (κ2) is 10.8. The summed E-state index contributed by atoms with van der Waals surface area (Å²) in [6, 6.07) is -0.535. The van der Waals surface area contributed by atoms with Crippen molar-refractivity contribution < 1.29 is 18.9 Å². The first kappa shape index (κ1) is 19.0. The van der Waals surface area contributed by atoms with E-state index in [1.54, 1.807) is 0 Å². The minimum absolute atomic E-state index is 0.535. The Morgan fingerprint density at radius 3 is 1.95 bits per heavy atom. The van der Waals surface area contributed by atoms with Gasteiger partial charge in [-0.2, -0.15) is 0 Å². The largest absolute Gasteiger partial charge is 0.471 e. The highest BCUT2D eigenvalue weighted by Gasteiger charge is 2.23. The second-order valence-corrected chi connectivity index (χ2v) is 6.18. The highest BCUT2D eigenvalue weighted by Crippen LogP contribution is 2.37. The molecule has 0 aliphatic rings. The van der Waals surface area contributed by atoms with E-state index >= 15 is 0 Å². The van der Waals surface area contributed by atoms with Gasteiger partial charge in [0.05, 0.1) is 0 Å². The standard InChI is InChI=1S/C12H29N2O4P/c1-2-3-4-5-6-7-8-9-10-11(13)12(14)18-19(15,16)17/h11-12H,2-10,13-14H2,1H3,(H2,15,16,17). The van der Waals surface area contributed by atoms with Crippen molar-refractivity contribution >= 4 is 7.82 Å². The molecule has 0 fully saturated rings. The average Bonchev–Trinajstić information content (AvgIpc) is 2.30. The molecule has 0 bridgehead atoms. The molecule has 0 spiro atoms. The fraction of sp³-hybridized carbons (Fsp3) is 1.00. The van der Waals surface area contributed by atoms with Crippen LogP contribution in [0, 0.1) is 0 Å². The zero-order valence-corrected chi connectivity index (χ0v) is 12.7. The van der Waals surface area contributed by atoms with Gasteiger partial charge in [0.1, 0.15) is 6.23 Å². The third-order valence-corrected chi connectivity index (χ3v) is 3.59. The lowest BCUT2D eigenvalue weighted by Gasteiger charge is -2.20. The van der Waals surface area contributed by atoms with Crippen LogP contribution in [0.15, 0.2) is 0 Å².